The molecule has 5 nitrogen and oxygen atoms in total. The molecule has 3 rings (SSSR count). The van der Waals surface area contributed by atoms with E-state index in [1.54, 1.807) is 6.07 Å². The van der Waals surface area contributed by atoms with Crippen molar-refractivity contribution >= 4 is 11.8 Å². The molecule has 2 atom stereocenters. The number of amides is 1. The van der Waals surface area contributed by atoms with E-state index in [0.717, 1.165) is 30.6 Å². The van der Waals surface area contributed by atoms with Crippen LogP contribution in [0.4, 0.5) is 5.88 Å². The summed E-state index contributed by atoms with van der Waals surface area (Å²) in [7, 11) is 0. The van der Waals surface area contributed by atoms with Crippen molar-refractivity contribution in [1.82, 2.24) is 10.1 Å². The number of likely N-dealkylation sites (tertiary alicyclic amines) is 1. The second kappa shape index (κ2) is 5.95. The summed E-state index contributed by atoms with van der Waals surface area (Å²) >= 11 is 0. The number of anilines is 1. The van der Waals surface area contributed by atoms with E-state index in [-0.39, 0.29) is 5.91 Å². The van der Waals surface area contributed by atoms with Gasteiger partial charge in [0.25, 0.3) is 0 Å². The minimum absolute atomic E-state index is 0.00425. The van der Waals surface area contributed by atoms with Gasteiger partial charge in [-0.25, -0.2) is 0 Å². The number of hydrogen-bond donors (Lipinski definition) is 1. The highest BCUT2D eigenvalue weighted by Gasteiger charge is 2.31. The van der Waals surface area contributed by atoms with Crippen molar-refractivity contribution < 1.29 is 9.32 Å². The summed E-state index contributed by atoms with van der Waals surface area (Å²) in [6.45, 7) is 4.42. The van der Waals surface area contributed by atoms with Crippen LogP contribution in [0.1, 0.15) is 37.8 Å². The maximum absolute atomic E-state index is 12.0. The third-order valence-corrected chi connectivity index (χ3v) is 4.63. The third-order valence-electron chi connectivity index (χ3n) is 4.63. The quantitative estimate of drug-likeness (QED) is 0.922. The number of piperidine rings is 1. The second-order valence-electron chi connectivity index (χ2n) is 6.21. The van der Waals surface area contributed by atoms with Crippen LogP contribution in [0.5, 0.6) is 0 Å². The van der Waals surface area contributed by atoms with E-state index in [1.807, 2.05) is 6.92 Å². The van der Waals surface area contributed by atoms with Gasteiger partial charge in [-0.15, -0.1) is 0 Å². The Morgan fingerprint density at radius 2 is 2.20 bits per heavy atom. The number of carbonyl (C=O) groups is 1. The molecule has 2 fully saturated rings. The van der Waals surface area contributed by atoms with Crippen LogP contribution in [0.15, 0.2) is 10.6 Å². The molecule has 5 heteroatoms. The zero-order chi connectivity index (χ0) is 13.9. The molecule has 1 saturated heterocycles. The van der Waals surface area contributed by atoms with Gasteiger partial charge in [0.1, 0.15) is 0 Å². The molecule has 1 aromatic heterocycles. The number of rotatable bonds is 3. The fourth-order valence-electron chi connectivity index (χ4n) is 3.62. The third kappa shape index (κ3) is 3.20. The number of nitrogens with one attached hydrogen (secondary N) is 1. The Labute approximate surface area is 119 Å². The van der Waals surface area contributed by atoms with Gasteiger partial charge in [0.15, 0.2) is 0 Å². The van der Waals surface area contributed by atoms with Crippen LogP contribution in [0, 0.1) is 18.8 Å². The smallest absolute Gasteiger partial charge is 0.240 e. The topological polar surface area (TPSA) is 58.4 Å². The molecule has 0 bridgehead atoms. The van der Waals surface area contributed by atoms with Crippen LogP contribution >= 0.6 is 0 Å². The maximum Gasteiger partial charge on any atom is 0.240 e. The molecule has 1 amide bonds. The zero-order valence-corrected chi connectivity index (χ0v) is 12.1. The molecule has 0 radical (unpaired) electrons. The number of nitrogens with zero attached hydrogens (tertiary/aromatic N) is 2. The van der Waals surface area contributed by atoms with Crippen LogP contribution in [0.2, 0.25) is 0 Å². The van der Waals surface area contributed by atoms with E-state index < -0.39 is 0 Å². The first kappa shape index (κ1) is 13.6. The van der Waals surface area contributed by atoms with E-state index in [0.29, 0.717) is 12.4 Å². The predicted molar refractivity (Wildman–Crippen MR) is 76.4 cm³/mol. The molecule has 0 unspecified atom stereocenters. The minimum Gasteiger partial charge on any atom is -0.338 e. The molecule has 20 heavy (non-hydrogen) atoms. The van der Waals surface area contributed by atoms with E-state index in [9.17, 15) is 4.79 Å². The molecule has 2 aliphatic rings. The number of fused-ring (bicyclic) bond motifs is 1. The van der Waals surface area contributed by atoms with E-state index in [4.69, 9.17) is 4.52 Å². The van der Waals surface area contributed by atoms with Gasteiger partial charge in [-0.3, -0.25) is 15.0 Å². The Morgan fingerprint density at radius 1 is 1.40 bits per heavy atom. The Morgan fingerprint density at radius 3 is 2.95 bits per heavy atom. The number of carbonyl (C=O) groups excluding carboxylic acids is 1. The lowest BCUT2D eigenvalue weighted by atomic mass is 9.75. The fourth-order valence-corrected chi connectivity index (χ4v) is 3.62. The summed E-state index contributed by atoms with van der Waals surface area (Å²) in [4.78, 5) is 14.3. The van der Waals surface area contributed by atoms with Crippen LogP contribution in [-0.4, -0.2) is 35.6 Å². The highest BCUT2D eigenvalue weighted by molar-refractivity contribution is 5.90. The summed E-state index contributed by atoms with van der Waals surface area (Å²) in [5.41, 5.74) is 0.781. The maximum atomic E-state index is 12.0. The van der Waals surface area contributed by atoms with Crippen molar-refractivity contribution in [1.29, 1.82) is 0 Å². The van der Waals surface area contributed by atoms with Crippen LogP contribution in [0.25, 0.3) is 0 Å². The summed E-state index contributed by atoms with van der Waals surface area (Å²) in [5.74, 6) is 2.15. The van der Waals surface area contributed by atoms with Gasteiger partial charge in [0, 0.05) is 12.6 Å². The highest BCUT2D eigenvalue weighted by atomic mass is 16.5. The van der Waals surface area contributed by atoms with Crippen molar-refractivity contribution in [2.24, 2.45) is 11.8 Å². The largest absolute Gasteiger partial charge is 0.338 e. The van der Waals surface area contributed by atoms with E-state index in [2.05, 4.69) is 15.4 Å². The van der Waals surface area contributed by atoms with Crippen molar-refractivity contribution in [3.63, 3.8) is 0 Å². The van der Waals surface area contributed by atoms with Gasteiger partial charge in [0.2, 0.25) is 11.8 Å². The van der Waals surface area contributed by atoms with Crippen molar-refractivity contribution in [2.75, 3.05) is 25.0 Å². The Bertz CT molecular complexity index is 471. The zero-order valence-electron chi connectivity index (χ0n) is 12.1. The van der Waals surface area contributed by atoms with Gasteiger partial charge in [-0.2, -0.15) is 0 Å². The monoisotopic (exact) mass is 277 g/mol. The summed E-state index contributed by atoms with van der Waals surface area (Å²) in [6.07, 6.45) is 6.73. The summed E-state index contributed by atoms with van der Waals surface area (Å²) < 4.78 is 5.01. The number of aryl methyl sites for hydroxylation is 1. The van der Waals surface area contributed by atoms with Gasteiger partial charge in [-0.05, 0) is 38.1 Å². The first-order valence-electron chi connectivity index (χ1n) is 7.66. The molecule has 110 valence electrons. The molecular weight excluding hydrogens is 254 g/mol. The Balaban J connectivity index is 1.49. The fraction of sp³-hybridized carbons (Fsp3) is 0.733. The number of aromatic nitrogens is 1. The van der Waals surface area contributed by atoms with Gasteiger partial charge in [0.05, 0.1) is 12.2 Å². The van der Waals surface area contributed by atoms with Gasteiger partial charge < -0.3 is 4.52 Å². The predicted octanol–water partition coefficient (Wildman–Crippen LogP) is 2.43. The molecule has 0 spiro atoms. The molecule has 2 heterocycles. The summed E-state index contributed by atoms with van der Waals surface area (Å²) in [6, 6.07) is 1.74. The van der Waals surface area contributed by atoms with Crippen LogP contribution < -0.4 is 5.32 Å². The molecule has 1 N–H and O–H groups in total. The second-order valence-corrected chi connectivity index (χ2v) is 6.21. The molecular formula is C15H23N3O2. The average Bonchev–Trinajstić information content (AvgIpc) is 2.83. The molecule has 1 aromatic rings. The Kier molecular flexibility index (Phi) is 4.05. The average molecular weight is 277 g/mol. The van der Waals surface area contributed by atoms with Gasteiger partial charge >= 0.3 is 0 Å². The number of hydrogen-bond acceptors (Lipinski definition) is 4. The SMILES string of the molecule is Cc1cc(NC(=O)CN2CC[C@@H]3CCCC[C@@H]3C2)on1. The lowest BCUT2D eigenvalue weighted by Gasteiger charge is -2.40. The first-order chi connectivity index (χ1) is 9.70. The Hall–Kier alpha value is -1.36. The molecule has 1 aliphatic carbocycles. The molecule has 1 saturated carbocycles. The van der Waals surface area contributed by atoms with Gasteiger partial charge in [-0.1, -0.05) is 24.4 Å². The molecule has 1 aliphatic heterocycles. The van der Waals surface area contributed by atoms with Crippen molar-refractivity contribution in [3.05, 3.63) is 11.8 Å². The lowest BCUT2D eigenvalue weighted by Crippen LogP contribution is -2.44. The van der Waals surface area contributed by atoms with Crippen molar-refractivity contribution in [2.45, 2.75) is 39.0 Å². The van der Waals surface area contributed by atoms with Crippen LogP contribution in [0.3, 0.4) is 0 Å². The normalized spacial score (nSPS) is 27.1. The standard InChI is InChI=1S/C15H23N3O2/c1-11-8-15(20-17-11)16-14(19)10-18-7-6-12-4-2-3-5-13(12)9-18/h8,12-13H,2-7,9-10H2,1H3,(H,16,19)/t12-,13+/m0/s1. The summed E-state index contributed by atoms with van der Waals surface area (Å²) in [5, 5.41) is 6.54. The highest BCUT2D eigenvalue weighted by Crippen LogP contribution is 2.35. The van der Waals surface area contributed by atoms with E-state index >= 15 is 0 Å². The first-order valence-corrected chi connectivity index (χ1v) is 7.66. The lowest BCUT2D eigenvalue weighted by molar-refractivity contribution is -0.118. The molecule has 0 aromatic carbocycles. The minimum atomic E-state index is -0.00425. The van der Waals surface area contributed by atoms with Crippen molar-refractivity contribution in [3.8, 4) is 0 Å². The van der Waals surface area contributed by atoms with Crippen LogP contribution in [-0.2, 0) is 4.79 Å². The van der Waals surface area contributed by atoms with E-state index in [1.165, 1.54) is 32.1 Å².